The minimum absolute atomic E-state index is 0.150. The van der Waals surface area contributed by atoms with Gasteiger partial charge in [0.15, 0.2) is 0 Å². The molecule has 0 aliphatic carbocycles. The molecule has 1 heterocycles. The molecule has 0 saturated carbocycles. The van der Waals surface area contributed by atoms with Gasteiger partial charge in [0, 0.05) is 16.4 Å². The number of carbonyl (C=O) groups excluding carboxylic acids is 2. The maximum absolute atomic E-state index is 12.4. The third-order valence-electron chi connectivity index (χ3n) is 3.59. The summed E-state index contributed by atoms with van der Waals surface area (Å²) < 4.78 is 0. The summed E-state index contributed by atoms with van der Waals surface area (Å²) in [5.41, 5.74) is 2.61. The predicted octanol–water partition coefficient (Wildman–Crippen LogP) is 4.55. The van der Waals surface area contributed by atoms with Crippen LogP contribution in [0.4, 0.5) is 11.4 Å². The van der Waals surface area contributed by atoms with Gasteiger partial charge >= 0.3 is 0 Å². The number of aromatic nitrogens is 1. The highest BCUT2D eigenvalue weighted by Crippen LogP contribution is 2.15. The highest BCUT2D eigenvalue weighted by atomic mass is 35.5. The van der Waals surface area contributed by atoms with Crippen LogP contribution >= 0.6 is 11.6 Å². The lowest BCUT2D eigenvalue weighted by atomic mass is 10.2. The summed E-state index contributed by atoms with van der Waals surface area (Å²) >= 11 is 5.83. The van der Waals surface area contributed by atoms with Gasteiger partial charge in [-0.05, 0) is 61.0 Å². The van der Waals surface area contributed by atoms with Crippen molar-refractivity contribution in [3.8, 4) is 0 Å². The van der Waals surface area contributed by atoms with Gasteiger partial charge < -0.3 is 10.6 Å². The zero-order valence-electron chi connectivity index (χ0n) is 14.0. The van der Waals surface area contributed by atoms with Crippen LogP contribution in [0.1, 0.15) is 26.5 Å². The minimum atomic E-state index is -0.405. The van der Waals surface area contributed by atoms with Crippen molar-refractivity contribution in [3.05, 3.63) is 88.7 Å². The third kappa shape index (κ3) is 4.46. The molecule has 0 unspecified atom stereocenters. The van der Waals surface area contributed by atoms with E-state index in [1.54, 1.807) is 48.5 Å². The molecule has 130 valence electrons. The van der Waals surface area contributed by atoms with E-state index in [4.69, 9.17) is 11.6 Å². The summed E-state index contributed by atoms with van der Waals surface area (Å²) in [6.45, 7) is 1.94. The van der Waals surface area contributed by atoms with E-state index in [2.05, 4.69) is 15.6 Å². The Morgan fingerprint density at radius 2 is 1.38 bits per heavy atom. The van der Waals surface area contributed by atoms with Crippen molar-refractivity contribution >= 4 is 34.8 Å². The minimum Gasteiger partial charge on any atom is -0.321 e. The van der Waals surface area contributed by atoms with E-state index in [9.17, 15) is 9.59 Å². The van der Waals surface area contributed by atoms with Gasteiger partial charge in [-0.25, -0.2) is 4.98 Å². The number of nitrogens with zero attached hydrogens (tertiary/aromatic N) is 1. The molecule has 26 heavy (non-hydrogen) atoms. The molecular weight excluding hydrogens is 350 g/mol. The van der Waals surface area contributed by atoms with Crippen molar-refractivity contribution in [2.75, 3.05) is 10.6 Å². The molecule has 0 atom stereocenters. The molecule has 6 heteroatoms. The first kappa shape index (κ1) is 17.6. The first-order chi connectivity index (χ1) is 12.5. The molecule has 5 nitrogen and oxygen atoms in total. The van der Waals surface area contributed by atoms with Crippen molar-refractivity contribution in [1.82, 2.24) is 4.98 Å². The zero-order valence-corrected chi connectivity index (χ0v) is 14.7. The second kappa shape index (κ2) is 7.80. The van der Waals surface area contributed by atoms with Gasteiger partial charge in [0.25, 0.3) is 11.8 Å². The molecule has 0 fully saturated rings. The van der Waals surface area contributed by atoms with Crippen LogP contribution in [-0.2, 0) is 0 Å². The molecule has 0 bridgehead atoms. The van der Waals surface area contributed by atoms with E-state index >= 15 is 0 Å². The van der Waals surface area contributed by atoms with Crippen LogP contribution in [-0.4, -0.2) is 16.8 Å². The lowest BCUT2D eigenvalue weighted by Crippen LogP contribution is -2.18. The molecule has 0 spiro atoms. The Morgan fingerprint density at radius 1 is 0.808 bits per heavy atom. The van der Waals surface area contributed by atoms with Gasteiger partial charge in [0.05, 0.1) is 0 Å². The van der Waals surface area contributed by atoms with Crippen molar-refractivity contribution in [3.63, 3.8) is 0 Å². The fraction of sp³-hybridized carbons (Fsp3) is 0.0500. The molecule has 0 aliphatic rings. The average molecular weight is 366 g/mol. The first-order valence-electron chi connectivity index (χ1n) is 7.93. The molecule has 0 saturated heterocycles. The maximum Gasteiger partial charge on any atom is 0.274 e. The summed E-state index contributed by atoms with van der Waals surface area (Å²) in [4.78, 5) is 28.9. The lowest BCUT2D eigenvalue weighted by molar-refractivity contribution is 0.101. The van der Waals surface area contributed by atoms with Gasteiger partial charge in [0.1, 0.15) is 11.4 Å². The largest absolute Gasteiger partial charge is 0.321 e. The Labute approximate surface area is 156 Å². The van der Waals surface area contributed by atoms with Crippen LogP contribution in [0.3, 0.4) is 0 Å². The summed E-state index contributed by atoms with van der Waals surface area (Å²) in [5, 5.41) is 6.07. The first-order valence-corrected chi connectivity index (χ1v) is 8.31. The number of rotatable bonds is 4. The van der Waals surface area contributed by atoms with Crippen molar-refractivity contribution in [1.29, 1.82) is 0 Å². The number of carbonyl (C=O) groups is 2. The van der Waals surface area contributed by atoms with Crippen LogP contribution < -0.4 is 10.6 Å². The second-order valence-electron chi connectivity index (χ2n) is 5.69. The van der Waals surface area contributed by atoms with E-state index in [1.807, 2.05) is 25.1 Å². The number of hydrogen-bond donors (Lipinski definition) is 2. The zero-order chi connectivity index (χ0) is 18.5. The Morgan fingerprint density at radius 3 is 2.00 bits per heavy atom. The highest BCUT2D eigenvalue weighted by molar-refractivity contribution is 6.30. The Balaban J connectivity index is 1.73. The summed E-state index contributed by atoms with van der Waals surface area (Å²) in [5.74, 6) is -0.783. The number of amides is 2. The summed E-state index contributed by atoms with van der Waals surface area (Å²) in [6.07, 6.45) is 0. The number of nitrogens with one attached hydrogen (secondary N) is 2. The van der Waals surface area contributed by atoms with Gasteiger partial charge in [-0.2, -0.15) is 0 Å². The van der Waals surface area contributed by atoms with E-state index in [0.29, 0.717) is 16.4 Å². The van der Waals surface area contributed by atoms with Crippen LogP contribution in [0, 0.1) is 6.92 Å². The normalized spacial score (nSPS) is 10.2. The van der Waals surface area contributed by atoms with Gasteiger partial charge in [0.2, 0.25) is 0 Å². The fourth-order valence-corrected chi connectivity index (χ4v) is 2.46. The van der Waals surface area contributed by atoms with E-state index in [-0.39, 0.29) is 17.3 Å². The van der Waals surface area contributed by atoms with Crippen LogP contribution in [0.2, 0.25) is 5.02 Å². The molecule has 3 aromatic rings. The molecule has 2 amide bonds. The second-order valence-corrected chi connectivity index (χ2v) is 6.13. The maximum atomic E-state index is 12.4. The van der Waals surface area contributed by atoms with Crippen molar-refractivity contribution in [2.24, 2.45) is 0 Å². The molecule has 2 N–H and O–H groups in total. The number of pyridine rings is 1. The smallest absolute Gasteiger partial charge is 0.274 e. The van der Waals surface area contributed by atoms with E-state index in [1.165, 1.54) is 0 Å². The van der Waals surface area contributed by atoms with Crippen molar-refractivity contribution in [2.45, 2.75) is 6.92 Å². The van der Waals surface area contributed by atoms with E-state index in [0.717, 1.165) is 5.56 Å². The van der Waals surface area contributed by atoms with Crippen molar-refractivity contribution < 1.29 is 9.59 Å². The standard InChI is InChI=1S/C20H16ClN3O2/c1-13-4-2-5-16(12-13)23-20(26)18-7-3-6-17(24-18)19(25)22-15-10-8-14(21)9-11-15/h2-12H,1H3,(H,22,25)(H,23,26). The van der Waals surface area contributed by atoms with Crippen LogP contribution in [0.5, 0.6) is 0 Å². The van der Waals surface area contributed by atoms with Crippen LogP contribution in [0.15, 0.2) is 66.7 Å². The SMILES string of the molecule is Cc1cccc(NC(=O)c2cccc(C(=O)Nc3ccc(Cl)cc3)n2)c1. The number of anilines is 2. The Bertz CT molecular complexity index is 955. The Kier molecular flexibility index (Phi) is 5.29. The molecule has 2 aromatic carbocycles. The highest BCUT2D eigenvalue weighted by Gasteiger charge is 2.13. The fourth-order valence-electron chi connectivity index (χ4n) is 2.33. The molecule has 0 radical (unpaired) electrons. The monoisotopic (exact) mass is 365 g/mol. The molecule has 0 aliphatic heterocycles. The number of aryl methyl sites for hydroxylation is 1. The predicted molar refractivity (Wildman–Crippen MR) is 103 cm³/mol. The van der Waals surface area contributed by atoms with Gasteiger partial charge in [-0.15, -0.1) is 0 Å². The molecule has 1 aromatic heterocycles. The van der Waals surface area contributed by atoms with Crippen LogP contribution in [0.25, 0.3) is 0 Å². The van der Waals surface area contributed by atoms with Gasteiger partial charge in [-0.1, -0.05) is 29.8 Å². The third-order valence-corrected chi connectivity index (χ3v) is 3.84. The summed E-state index contributed by atoms with van der Waals surface area (Å²) in [7, 11) is 0. The van der Waals surface area contributed by atoms with Gasteiger partial charge in [-0.3, -0.25) is 9.59 Å². The number of hydrogen-bond acceptors (Lipinski definition) is 3. The number of halogens is 1. The average Bonchev–Trinajstić information content (AvgIpc) is 2.64. The molecule has 3 rings (SSSR count). The topological polar surface area (TPSA) is 71.1 Å². The quantitative estimate of drug-likeness (QED) is 0.712. The van der Waals surface area contributed by atoms with E-state index < -0.39 is 5.91 Å². The summed E-state index contributed by atoms with van der Waals surface area (Å²) in [6, 6.07) is 18.9. The number of benzene rings is 2. The molecular formula is C20H16ClN3O2. The Hall–Kier alpha value is -3.18. The lowest BCUT2D eigenvalue weighted by Gasteiger charge is -2.08.